The summed E-state index contributed by atoms with van der Waals surface area (Å²) >= 11 is 1.42. The third-order valence-corrected chi connectivity index (χ3v) is 4.69. The van der Waals surface area contributed by atoms with Crippen LogP contribution in [0.5, 0.6) is 5.75 Å². The molecule has 1 amide bonds. The Morgan fingerprint density at radius 3 is 2.72 bits per heavy atom. The van der Waals surface area contributed by atoms with E-state index in [-0.39, 0.29) is 11.9 Å². The summed E-state index contributed by atoms with van der Waals surface area (Å²) < 4.78 is 7.55. The largest absolute Gasteiger partial charge is 0.494 e. The molecule has 7 nitrogen and oxygen atoms in total. The number of nitrogens with zero attached hydrogens (tertiary/aromatic N) is 4. The van der Waals surface area contributed by atoms with Gasteiger partial charge in [-0.2, -0.15) is 0 Å². The Bertz CT molecular complexity index is 729. The number of aromatic nitrogens is 3. The minimum absolute atomic E-state index is 0.0127. The molecule has 0 aliphatic carbocycles. The zero-order chi connectivity index (χ0) is 17.8. The highest BCUT2D eigenvalue weighted by Crippen LogP contribution is 2.32. The lowest BCUT2D eigenvalue weighted by Crippen LogP contribution is -2.31. The van der Waals surface area contributed by atoms with Crippen molar-refractivity contribution >= 4 is 29.3 Å². The molecule has 0 atom stereocenters. The lowest BCUT2D eigenvalue weighted by atomic mass is 10.3. The number of carbonyl (C=O) groups excluding carboxylic acids is 1. The number of hydrogen-bond acceptors (Lipinski definition) is 6. The maximum atomic E-state index is 11.8. The molecule has 0 saturated heterocycles. The molecule has 0 radical (unpaired) electrons. The molecule has 1 aromatic heterocycles. The Labute approximate surface area is 151 Å². The third kappa shape index (κ3) is 4.07. The predicted molar refractivity (Wildman–Crippen MR) is 98.6 cm³/mol. The fourth-order valence-corrected chi connectivity index (χ4v) is 3.48. The molecule has 2 aromatic rings. The van der Waals surface area contributed by atoms with Gasteiger partial charge >= 0.3 is 0 Å². The molecule has 0 saturated carbocycles. The summed E-state index contributed by atoms with van der Waals surface area (Å²) in [6.45, 7) is 8.17. The first-order valence-corrected chi connectivity index (χ1v) is 9.42. The Hall–Kier alpha value is -2.22. The molecule has 0 spiro atoms. The summed E-state index contributed by atoms with van der Waals surface area (Å²) in [5.74, 6) is 2.04. The van der Waals surface area contributed by atoms with E-state index in [4.69, 9.17) is 4.74 Å². The van der Waals surface area contributed by atoms with Crippen LogP contribution in [0.2, 0.25) is 0 Å². The van der Waals surface area contributed by atoms with Gasteiger partial charge in [-0.25, -0.2) is 0 Å². The minimum Gasteiger partial charge on any atom is -0.494 e. The maximum absolute atomic E-state index is 11.8. The number of fused-ring (bicyclic) bond motifs is 1. The molecule has 25 heavy (non-hydrogen) atoms. The second-order valence-electron chi connectivity index (χ2n) is 6.02. The highest BCUT2D eigenvalue weighted by Gasteiger charge is 2.26. The number of benzene rings is 1. The first kappa shape index (κ1) is 17.6. The van der Waals surface area contributed by atoms with E-state index in [0.717, 1.165) is 35.6 Å². The lowest BCUT2D eigenvalue weighted by molar-refractivity contribution is -0.119. The van der Waals surface area contributed by atoms with Crippen molar-refractivity contribution in [3.63, 3.8) is 0 Å². The van der Waals surface area contributed by atoms with Crippen molar-refractivity contribution in [3.8, 4) is 5.75 Å². The summed E-state index contributed by atoms with van der Waals surface area (Å²) in [6.07, 6.45) is 0. The molecule has 8 heteroatoms. The Morgan fingerprint density at radius 1 is 1.28 bits per heavy atom. The SMILES string of the molecule is CCOc1ccc(N2CCn3c(SCC(=O)NC(C)C)nnc32)cc1. The van der Waals surface area contributed by atoms with Crippen LogP contribution in [0, 0.1) is 0 Å². The van der Waals surface area contributed by atoms with Gasteiger partial charge in [0.2, 0.25) is 11.9 Å². The zero-order valence-corrected chi connectivity index (χ0v) is 15.5. The number of carbonyl (C=O) groups is 1. The van der Waals surface area contributed by atoms with Gasteiger partial charge in [0.1, 0.15) is 5.75 Å². The van der Waals surface area contributed by atoms with E-state index in [2.05, 4.69) is 25.0 Å². The van der Waals surface area contributed by atoms with Crippen molar-refractivity contribution in [2.24, 2.45) is 0 Å². The average Bonchev–Trinajstić information content (AvgIpc) is 3.15. The monoisotopic (exact) mass is 361 g/mol. The number of hydrogen-bond donors (Lipinski definition) is 1. The second kappa shape index (κ2) is 7.77. The van der Waals surface area contributed by atoms with Crippen LogP contribution in [0.4, 0.5) is 11.6 Å². The molecule has 0 unspecified atom stereocenters. The van der Waals surface area contributed by atoms with E-state index < -0.39 is 0 Å². The highest BCUT2D eigenvalue weighted by atomic mass is 32.2. The van der Waals surface area contributed by atoms with Crippen LogP contribution in [-0.4, -0.2) is 45.6 Å². The maximum Gasteiger partial charge on any atom is 0.232 e. The van der Waals surface area contributed by atoms with Gasteiger partial charge in [0.15, 0.2) is 5.16 Å². The van der Waals surface area contributed by atoms with Gasteiger partial charge in [-0.1, -0.05) is 11.8 Å². The number of amides is 1. The van der Waals surface area contributed by atoms with E-state index in [1.165, 1.54) is 11.8 Å². The lowest BCUT2D eigenvalue weighted by Gasteiger charge is -2.15. The van der Waals surface area contributed by atoms with Crippen LogP contribution < -0.4 is 15.0 Å². The number of thioether (sulfide) groups is 1. The van der Waals surface area contributed by atoms with Gasteiger partial charge in [-0.3, -0.25) is 9.36 Å². The topological polar surface area (TPSA) is 72.3 Å². The normalized spacial score (nSPS) is 13.2. The van der Waals surface area contributed by atoms with Crippen LogP contribution >= 0.6 is 11.8 Å². The van der Waals surface area contributed by atoms with Gasteiger partial charge in [-0.15, -0.1) is 10.2 Å². The van der Waals surface area contributed by atoms with Crippen molar-refractivity contribution < 1.29 is 9.53 Å². The molecule has 134 valence electrons. The molecule has 1 aromatic carbocycles. The Balaban J connectivity index is 1.67. The molecule has 3 rings (SSSR count). The van der Waals surface area contributed by atoms with Crippen molar-refractivity contribution in [2.75, 3.05) is 23.8 Å². The number of anilines is 2. The number of nitrogens with one attached hydrogen (secondary N) is 1. The molecule has 1 N–H and O–H groups in total. The van der Waals surface area contributed by atoms with Gasteiger partial charge < -0.3 is 15.0 Å². The first-order chi connectivity index (χ1) is 12.1. The average molecular weight is 361 g/mol. The quantitative estimate of drug-likeness (QED) is 0.764. The molecule has 1 aliphatic rings. The first-order valence-electron chi connectivity index (χ1n) is 8.44. The molecular weight excluding hydrogens is 338 g/mol. The van der Waals surface area contributed by atoms with Crippen LogP contribution in [0.25, 0.3) is 0 Å². The van der Waals surface area contributed by atoms with Gasteiger partial charge in [0.25, 0.3) is 0 Å². The molecular formula is C17H23N5O2S. The van der Waals surface area contributed by atoms with Crippen LogP contribution in [0.15, 0.2) is 29.4 Å². The van der Waals surface area contributed by atoms with Crippen molar-refractivity contribution in [1.29, 1.82) is 0 Å². The smallest absolute Gasteiger partial charge is 0.232 e. The Kier molecular flexibility index (Phi) is 5.47. The highest BCUT2D eigenvalue weighted by molar-refractivity contribution is 7.99. The molecule has 0 bridgehead atoms. The molecule has 2 heterocycles. The third-order valence-electron chi connectivity index (χ3n) is 3.73. The van der Waals surface area contributed by atoms with Crippen molar-refractivity contribution in [1.82, 2.24) is 20.1 Å². The van der Waals surface area contributed by atoms with E-state index in [0.29, 0.717) is 12.4 Å². The number of rotatable bonds is 7. The zero-order valence-electron chi connectivity index (χ0n) is 14.7. The summed E-state index contributed by atoms with van der Waals surface area (Å²) in [5, 5.41) is 12.2. The fraction of sp³-hybridized carbons (Fsp3) is 0.471. The van der Waals surface area contributed by atoms with Gasteiger partial charge in [0.05, 0.1) is 12.4 Å². The summed E-state index contributed by atoms with van der Waals surface area (Å²) in [5.41, 5.74) is 1.06. The van der Waals surface area contributed by atoms with Crippen molar-refractivity contribution in [3.05, 3.63) is 24.3 Å². The summed E-state index contributed by atoms with van der Waals surface area (Å²) in [7, 11) is 0. The second-order valence-corrected chi connectivity index (χ2v) is 6.97. The standard InChI is InChI=1S/C17H23N5O2S/c1-4-24-14-7-5-13(6-8-14)21-9-10-22-16(21)19-20-17(22)25-11-15(23)18-12(2)3/h5-8,12H,4,9-11H2,1-3H3,(H,18,23). The number of ether oxygens (including phenoxy) is 1. The Morgan fingerprint density at radius 2 is 2.04 bits per heavy atom. The van der Waals surface area contributed by atoms with E-state index in [9.17, 15) is 4.79 Å². The van der Waals surface area contributed by atoms with E-state index in [1.807, 2.05) is 45.0 Å². The summed E-state index contributed by atoms with van der Waals surface area (Å²) in [6, 6.07) is 8.12. The van der Waals surface area contributed by atoms with E-state index >= 15 is 0 Å². The van der Waals surface area contributed by atoms with Crippen molar-refractivity contribution in [2.45, 2.75) is 38.5 Å². The van der Waals surface area contributed by atoms with E-state index in [1.54, 1.807) is 0 Å². The van der Waals surface area contributed by atoms with Crippen LogP contribution in [0.1, 0.15) is 20.8 Å². The fourth-order valence-electron chi connectivity index (χ4n) is 2.71. The molecule has 1 aliphatic heterocycles. The minimum atomic E-state index is 0.0127. The molecule has 0 fully saturated rings. The summed E-state index contributed by atoms with van der Waals surface area (Å²) in [4.78, 5) is 13.9. The van der Waals surface area contributed by atoms with Crippen LogP contribution in [-0.2, 0) is 11.3 Å². The van der Waals surface area contributed by atoms with Gasteiger partial charge in [-0.05, 0) is 45.0 Å². The predicted octanol–water partition coefficient (Wildman–Crippen LogP) is 2.45. The van der Waals surface area contributed by atoms with Gasteiger partial charge in [0, 0.05) is 24.8 Å². The van der Waals surface area contributed by atoms with Crippen LogP contribution in [0.3, 0.4) is 0 Å².